The number of anilines is 2. The lowest BCUT2D eigenvalue weighted by atomic mass is 10.0. The first-order chi connectivity index (χ1) is 12.9. The minimum absolute atomic E-state index is 0. The van der Waals surface area contributed by atoms with Gasteiger partial charge >= 0.3 is 0 Å². The molecule has 0 aliphatic rings. The standard InChI is InChI=1S/C20H17N5O2.HI.2H2/c1-11-7-18(24-12(2)16(11)9-21)20(26)25-14-3-4-17(22)15(8-14)19(23)13-5-6-27-10-13;;;/h3-8,10,23H,22H2,1-2H3,(H,25,26);3*1H. The molecule has 3 rings (SSSR count). The Kier molecular flexibility index (Phi) is 6.53. The van der Waals surface area contributed by atoms with Crippen molar-refractivity contribution in [2.75, 3.05) is 11.1 Å². The van der Waals surface area contributed by atoms with Crippen molar-refractivity contribution in [1.82, 2.24) is 4.98 Å². The lowest BCUT2D eigenvalue weighted by Crippen LogP contribution is -2.16. The van der Waals surface area contributed by atoms with Gasteiger partial charge in [0.25, 0.3) is 5.91 Å². The molecule has 2 heterocycles. The molecule has 28 heavy (non-hydrogen) atoms. The molecule has 0 saturated carbocycles. The molecule has 4 N–H and O–H groups in total. The van der Waals surface area contributed by atoms with E-state index in [-0.39, 0.29) is 38.2 Å². The number of nitrogens with two attached hydrogens (primary N) is 1. The number of furan rings is 1. The van der Waals surface area contributed by atoms with Crippen LogP contribution < -0.4 is 11.1 Å². The number of hydrogen-bond donors (Lipinski definition) is 3. The van der Waals surface area contributed by atoms with Crippen LogP contribution in [0.3, 0.4) is 0 Å². The van der Waals surface area contributed by atoms with Gasteiger partial charge in [-0.3, -0.25) is 10.2 Å². The van der Waals surface area contributed by atoms with Crippen molar-refractivity contribution < 1.29 is 12.1 Å². The molecular weight excluding hydrogens is 469 g/mol. The summed E-state index contributed by atoms with van der Waals surface area (Å²) in [5, 5.41) is 20.2. The lowest BCUT2D eigenvalue weighted by Gasteiger charge is -2.11. The number of aryl methyl sites for hydroxylation is 2. The summed E-state index contributed by atoms with van der Waals surface area (Å²) in [4.78, 5) is 16.8. The van der Waals surface area contributed by atoms with Crippen molar-refractivity contribution in [3.05, 3.63) is 76.5 Å². The smallest absolute Gasteiger partial charge is 0.274 e. The predicted octanol–water partition coefficient (Wildman–Crippen LogP) is 4.52. The summed E-state index contributed by atoms with van der Waals surface area (Å²) in [6, 6.07) is 10.2. The van der Waals surface area contributed by atoms with Crippen LogP contribution in [-0.4, -0.2) is 16.6 Å². The number of nitrogens with zero attached hydrogens (tertiary/aromatic N) is 2. The monoisotopic (exact) mass is 491 g/mol. The van der Waals surface area contributed by atoms with Crippen molar-refractivity contribution in [3.8, 4) is 6.07 Å². The third-order valence-electron chi connectivity index (χ3n) is 4.13. The molecule has 0 spiro atoms. The number of halogens is 1. The number of carbonyl (C=O) groups is 1. The molecule has 1 aromatic carbocycles. The molecule has 7 nitrogen and oxygen atoms in total. The zero-order valence-electron chi connectivity index (χ0n) is 15.2. The highest BCUT2D eigenvalue weighted by Gasteiger charge is 2.15. The van der Waals surface area contributed by atoms with E-state index in [1.54, 1.807) is 44.2 Å². The van der Waals surface area contributed by atoms with Gasteiger partial charge in [-0.25, -0.2) is 4.98 Å². The van der Waals surface area contributed by atoms with Crippen LogP contribution in [0.4, 0.5) is 11.4 Å². The van der Waals surface area contributed by atoms with E-state index in [1.807, 2.05) is 0 Å². The minimum atomic E-state index is -0.406. The van der Waals surface area contributed by atoms with Crippen LogP contribution in [0, 0.1) is 30.6 Å². The predicted molar refractivity (Wildman–Crippen MR) is 122 cm³/mol. The number of aromatic nitrogens is 1. The van der Waals surface area contributed by atoms with E-state index in [0.717, 1.165) is 0 Å². The summed E-state index contributed by atoms with van der Waals surface area (Å²) in [7, 11) is 0. The van der Waals surface area contributed by atoms with Crippen LogP contribution in [0.25, 0.3) is 0 Å². The molecule has 2 aromatic heterocycles. The number of pyridine rings is 1. The summed E-state index contributed by atoms with van der Waals surface area (Å²) >= 11 is 0. The summed E-state index contributed by atoms with van der Waals surface area (Å²) in [5.74, 6) is -0.406. The average Bonchev–Trinajstić information content (AvgIpc) is 3.17. The zero-order chi connectivity index (χ0) is 19.6. The molecule has 0 atom stereocenters. The molecule has 0 saturated heterocycles. The van der Waals surface area contributed by atoms with Crippen LogP contribution in [0.5, 0.6) is 0 Å². The average molecular weight is 491 g/mol. The van der Waals surface area contributed by atoms with Gasteiger partial charge in [-0.1, -0.05) is 0 Å². The first-order valence-electron chi connectivity index (χ1n) is 8.11. The quantitative estimate of drug-likeness (QED) is 0.281. The van der Waals surface area contributed by atoms with Crippen molar-refractivity contribution in [2.45, 2.75) is 13.8 Å². The van der Waals surface area contributed by atoms with Gasteiger partial charge in [-0.15, -0.1) is 24.0 Å². The second-order valence-electron chi connectivity index (χ2n) is 6.04. The lowest BCUT2D eigenvalue weighted by molar-refractivity contribution is 0.102. The van der Waals surface area contributed by atoms with Crippen molar-refractivity contribution in [3.63, 3.8) is 0 Å². The van der Waals surface area contributed by atoms with Gasteiger partial charge in [0.1, 0.15) is 11.8 Å². The number of nitrogen functional groups attached to an aromatic ring is 1. The molecule has 0 radical (unpaired) electrons. The third kappa shape index (κ3) is 4.20. The second kappa shape index (κ2) is 8.67. The molecule has 1 amide bonds. The molecule has 146 valence electrons. The highest BCUT2D eigenvalue weighted by molar-refractivity contribution is 14.0. The number of rotatable bonds is 4. The number of carbonyl (C=O) groups excluding carboxylic acids is 1. The Morgan fingerprint density at radius 1 is 1.32 bits per heavy atom. The largest absolute Gasteiger partial charge is 0.472 e. The van der Waals surface area contributed by atoms with Crippen LogP contribution >= 0.6 is 24.0 Å². The van der Waals surface area contributed by atoms with Crippen LogP contribution in [0.15, 0.2) is 47.3 Å². The number of benzene rings is 1. The summed E-state index contributed by atoms with van der Waals surface area (Å²) in [6.45, 7) is 3.45. The van der Waals surface area contributed by atoms with E-state index in [2.05, 4.69) is 16.4 Å². The van der Waals surface area contributed by atoms with Crippen LogP contribution in [0.1, 0.15) is 41.3 Å². The maximum absolute atomic E-state index is 12.6. The van der Waals surface area contributed by atoms with E-state index in [1.165, 1.54) is 12.5 Å². The van der Waals surface area contributed by atoms with Gasteiger partial charge in [0.05, 0.1) is 29.5 Å². The van der Waals surface area contributed by atoms with Gasteiger partial charge in [-0.05, 0) is 49.7 Å². The summed E-state index contributed by atoms with van der Waals surface area (Å²) in [6.07, 6.45) is 2.94. The van der Waals surface area contributed by atoms with Crippen LogP contribution in [0.2, 0.25) is 0 Å². The van der Waals surface area contributed by atoms with Gasteiger partial charge < -0.3 is 15.5 Å². The second-order valence-corrected chi connectivity index (χ2v) is 6.04. The van der Waals surface area contributed by atoms with Crippen molar-refractivity contribution >= 4 is 47.0 Å². The number of hydrogen-bond acceptors (Lipinski definition) is 6. The molecule has 3 aromatic rings. The molecule has 0 aliphatic carbocycles. The van der Waals surface area contributed by atoms with E-state index in [9.17, 15) is 4.79 Å². The van der Waals surface area contributed by atoms with E-state index < -0.39 is 5.91 Å². The first kappa shape index (κ1) is 21.1. The molecule has 0 aliphatic heterocycles. The Hall–Kier alpha value is -3.19. The van der Waals surface area contributed by atoms with E-state index >= 15 is 0 Å². The van der Waals surface area contributed by atoms with E-state index in [4.69, 9.17) is 20.8 Å². The number of nitrogens with one attached hydrogen (secondary N) is 2. The molecule has 0 unspecified atom stereocenters. The van der Waals surface area contributed by atoms with Gasteiger partial charge in [0, 0.05) is 25.4 Å². The Morgan fingerprint density at radius 3 is 2.68 bits per heavy atom. The summed E-state index contributed by atoms with van der Waals surface area (Å²) in [5.41, 5.74) is 10.0. The van der Waals surface area contributed by atoms with E-state index in [0.29, 0.717) is 39.3 Å². The van der Waals surface area contributed by atoms with Gasteiger partial charge in [-0.2, -0.15) is 5.26 Å². The zero-order valence-corrected chi connectivity index (χ0v) is 17.6. The third-order valence-corrected chi connectivity index (χ3v) is 4.13. The fraction of sp³-hybridized carbons (Fsp3) is 0.100. The molecular formula is C20H22IN5O2. The normalized spacial score (nSPS) is 9.89. The maximum Gasteiger partial charge on any atom is 0.274 e. The Labute approximate surface area is 182 Å². The highest BCUT2D eigenvalue weighted by Crippen LogP contribution is 2.22. The SMILES string of the molecule is Cc1cc(C(=O)Nc2ccc(N)c(C(=N)c3ccoc3)c2)nc(C)c1C#N.I.[HH].[HH]. The first-order valence-corrected chi connectivity index (χ1v) is 8.11. The minimum Gasteiger partial charge on any atom is -0.472 e. The fourth-order valence-electron chi connectivity index (χ4n) is 2.72. The van der Waals surface area contributed by atoms with Crippen molar-refractivity contribution in [1.29, 1.82) is 10.7 Å². The van der Waals surface area contributed by atoms with Crippen molar-refractivity contribution in [2.24, 2.45) is 0 Å². The highest BCUT2D eigenvalue weighted by atomic mass is 127. The topological polar surface area (TPSA) is 129 Å². The number of amides is 1. The Bertz CT molecular complexity index is 1070. The molecule has 0 fully saturated rings. The molecule has 0 bridgehead atoms. The van der Waals surface area contributed by atoms with Crippen LogP contribution in [-0.2, 0) is 0 Å². The molecule has 8 heteroatoms. The Balaban J connectivity index is 0.00000280. The Morgan fingerprint density at radius 2 is 2.07 bits per heavy atom. The maximum atomic E-state index is 12.6. The fourth-order valence-corrected chi connectivity index (χ4v) is 2.72. The van der Waals surface area contributed by atoms with Gasteiger partial charge in [0.2, 0.25) is 0 Å². The summed E-state index contributed by atoms with van der Waals surface area (Å²) < 4.78 is 5.01. The van der Waals surface area contributed by atoms with Gasteiger partial charge in [0.15, 0.2) is 0 Å². The number of nitriles is 1.